The van der Waals surface area contributed by atoms with Gasteiger partial charge in [-0.1, -0.05) is 5.16 Å². The number of ether oxygens (including phenoxy) is 1. The third-order valence-electron chi connectivity index (χ3n) is 4.89. The van der Waals surface area contributed by atoms with Crippen LogP contribution in [0.3, 0.4) is 0 Å². The van der Waals surface area contributed by atoms with Crippen LogP contribution >= 0.6 is 0 Å². The van der Waals surface area contributed by atoms with Gasteiger partial charge in [-0.2, -0.15) is 5.10 Å². The minimum absolute atomic E-state index is 0.158. The first-order valence-corrected chi connectivity index (χ1v) is 8.95. The van der Waals surface area contributed by atoms with Crippen LogP contribution in [0.5, 0.6) is 0 Å². The Balaban J connectivity index is 1.52. The summed E-state index contributed by atoms with van der Waals surface area (Å²) in [6.07, 6.45) is 7.51. The summed E-state index contributed by atoms with van der Waals surface area (Å²) in [5, 5.41) is 12.0. The SMILES string of the molecule is CCn1cc([C@@H]2OCCC[C@H]2CNCCc2c(C)noc2C)cn1. The summed E-state index contributed by atoms with van der Waals surface area (Å²) in [6, 6.07) is 0. The van der Waals surface area contributed by atoms with Crippen molar-refractivity contribution in [2.75, 3.05) is 19.7 Å². The van der Waals surface area contributed by atoms with Gasteiger partial charge in [0, 0.05) is 42.9 Å². The maximum Gasteiger partial charge on any atom is 0.137 e. The number of aromatic nitrogens is 3. The zero-order valence-electron chi connectivity index (χ0n) is 14.9. The standard InChI is InChI=1S/C18H28N4O2/c1-4-22-12-16(11-20-22)18-15(6-5-9-23-18)10-19-8-7-17-13(2)21-24-14(17)3/h11-12,15,18-19H,4-10H2,1-3H3/t15-,18+/m0/s1. The lowest BCUT2D eigenvalue weighted by molar-refractivity contribution is -0.0277. The second-order valence-electron chi connectivity index (χ2n) is 6.58. The summed E-state index contributed by atoms with van der Waals surface area (Å²) in [5.41, 5.74) is 3.43. The fourth-order valence-corrected chi connectivity index (χ4v) is 3.48. The predicted octanol–water partition coefficient (Wildman–Crippen LogP) is 2.81. The Labute approximate surface area is 143 Å². The Kier molecular flexibility index (Phi) is 5.68. The first kappa shape index (κ1) is 17.2. The van der Waals surface area contributed by atoms with Gasteiger partial charge in [0.05, 0.1) is 18.0 Å². The summed E-state index contributed by atoms with van der Waals surface area (Å²) in [7, 11) is 0. The van der Waals surface area contributed by atoms with Crippen molar-refractivity contribution in [2.24, 2.45) is 5.92 Å². The Morgan fingerprint density at radius 2 is 2.25 bits per heavy atom. The van der Waals surface area contributed by atoms with E-state index >= 15 is 0 Å². The van der Waals surface area contributed by atoms with E-state index in [0.717, 1.165) is 50.5 Å². The molecule has 2 aromatic heterocycles. The van der Waals surface area contributed by atoms with E-state index < -0.39 is 0 Å². The molecule has 6 nitrogen and oxygen atoms in total. The number of nitrogens with zero attached hydrogens (tertiary/aromatic N) is 3. The molecule has 24 heavy (non-hydrogen) atoms. The molecule has 2 atom stereocenters. The van der Waals surface area contributed by atoms with Crippen LogP contribution in [0, 0.1) is 19.8 Å². The molecule has 0 aromatic carbocycles. The molecule has 0 bridgehead atoms. The fourth-order valence-electron chi connectivity index (χ4n) is 3.48. The Morgan fingerprint density at radius 3 is 2.96 bits per heavy atom. The number of hydrogen-bond donors (Lipinski definition) is 1. The third kappa shape index (κ3) is 3.87. The molecule has 1 aliphatic heterocycles. The van der Waals surface area contributed by atoms with E-state index in [2.05, 4.69) is 28.7 Å². The zero-order chi connectivity index (χ0) is 16.9. The van der Waals surface area contributed by atoms with Crippen LogP contribution in [-0.4, -0.2) is 34.6 Å². The third-order valence-corrected chi connectivity index (χ3v) is 4.89. The van der Waals surface area contributed by atoms with E-state index in [1.54, 1.807) is 0 Å². The summed E-state index contributed by atoms with van der Waals surface area (Å²) in [4.78, 5) is 0. The summed E-state index contributed by atoms with van der Waals surface area (Å²) >= 11 is 0. The molecule has 0 radical (unpaired) electrons. The van der Waals surface area contributed by atoms with Gasteiger partial charge >= 0.3 is 0 Å². The summed E-state index contributed by atoms with van der Waals surface area (Å²) in [5.74, 6) is 1.43. The number of aryl methyl sites for hydroxylation is 3. The molecule has 3 rings (SSSR count). The van der Waals surface area contributed by atoms with Crippen LogP contribution in [0.15, 0.2) is 16.9 Å². The highest BCUT2D eigenvalue weighted by atomic mass is 16.5. The van der Waals surface area contributed by atoms with Gasteiger partial charge in [-0.3, -0.25) is 4.68 Å². The first-order chi connectivity index (χ1) is 11.7. The number of hydrogen-bond acceptors (Lipinski definition) is 5. The molecule has 1 fully saturated rings. The van der Waals surface area contributed by atoms with E-state index in [0.29, 0.717) is 5.92 Å². The second-order valence-corrected chi connectivity index (χ2v) is 6.58. The zero-order valence-corrected chi connectivity index (χ0v) is 14.9. The van der Waals surface area contributed by atoms with Crippen molar-refractivity contribution in [1.82, 2.24) is 20.3 Å². The predicted molar refractivity (Wildman–Crippen MR) is 91.9 cm³/mol. The Hall–Kier alpha value is -1.66. The van der Waals surface area contributed by atoms with E-state index in [-0.39, 0.29) is 6.10 Å². The maximum absolute atomic E-state index is 6.06. The lowest BCUT2D eigenvalue weighted by Crippen LogP contribution is -2.32. The Bertz CT molecular complexity index is 630. The Morgan fingerprint density at radius 1 is 1.38 bits per heavy atom. The maximum atomic E-state index is 6.06. The molecular weight excluding hydrogens is 304 g/mol. The lowest BCUT2D eigenvalue weighted by Gasteiger charge is -2.31. The molecule has 6 heteroatoms. The first-order valence-electron chi connectivity index (χ1n) is 8.95. The molecule has 1 aliphatic rings. The van der Waals surface area contributed by atoms with Crippen molar-refractivity contribution in [3.63, 3.8) is 0 Å². The van der Waals surface area contributed by atoms with Gasteiger partial charge < -0.3 is 14.6 Å². The van der Waals surface area contributed by atoms with Crippen molar-refractivity contribution in [3.8, 4) is 0 Å². The van der Waals surface area contributed by atoms with Gasteiger partial charge in [-0.15, -0.1) is 0 Å². The van der Waals surface area contributed by atoms with E-state index in [4.69, 9.17) is 9.26 Å². The van der Waals surface area contributed by atoms with Crippen molar-refractivity contribution in [2.45, 2.75) is 52.7 Å². The van der Waals surface area contributed by atoms with Gasteiger partial charge in [0.25, 0.3) is 0 Å². The van der Waals surface area contributed by atoms with Crippen LogP contribution in [0.25, 0.3) is 0 Å². The minimum Gasteiger partial charge on any atom is -0.373 e. The smallest absolute Gasteiger partial charge is 0.137 e. The van der Waals surface area contributed by atoms with Gasteiger partial charge in [-0.25, -0.2) is 0 Å². The molecule has 2 aromatic rings. The average molecular weight is 332 g/mol. The van der Waals surface area contributed by atoms with E-state index in [1.165, 1.54) is 17.5 Å². The summed E-state index contributed by atoms with van der Waals surface area (Å²) < 4.78 is 13.2. The molecular formula is C18H28N4O2. The fraction of sp³-hybridized carbons (Fsp3) is 0.667. The van der Waals surface area contributed by atoms with Gasteiger partial charge in [-0.05, 0) is 46.6 Å². The lowest BCUT2D eigenvalue weighted by atomic mass is 9.91. The minimum atomic E-state index is 0.158. The van der Waals surface area contributed by atoms with Crippen molar-refractivity contribution >= 4 is 0 Å². The monoisotopic (exact) mass is 332 g/mol. The molecule has 1 saturated heterocycles. The quantitative estimate of drug-likeness (QED) is 0.790. The number of rotatable bonds is 7. The van der Waals surface area contributed by atoms with Crippen LogP contribution < -0.4 is 5.32 Å². The highest BCUT2D eigenvalue weighted by Gasteiger charge is 2.28. The van der Waals surface area contributed by atoms with E-state index in [9.17, 15) is 0 Å². The van der Waals surface area contributed by atoms with Crippen LogP contribution in [0.2, 0.25) is 0 Å². The van der Waals surface area contributed by atoms with Crippen LogP contribution in [0.4, 0.5) is 0 Å². The molecule has 0 saturated carbocycles. The topological polar surface area (TPSA) is 65.1 Å². The molecule has 0 amide bonds. The molecule has 1 N–H and O–H groups in total. The normalized spacial score (nSPS) is 21.3. The van der Waals surface area contributed by atoms with Crippen molar-refractivity contribution < 1.29 is 9.26 Å². The molecule has 132 valence electrons. The largest absolute Gasteiger partial charge is 0.373 e. The highest BCUT2D eigenvalue weighted by molar-refractivity contribution is 5.21. The van der Waals surface area contributed by atoms with Crippen molar-refractivity contribution in [1.29, 1.82) is 0 Å². The highest BCUT2D eigenvalue weighted by Crippen LogP contribution is 2.33. The van der Waals surface area contributed by atoms with Crippen LogP contribution in [0.1, 0.15) is 48.5 Å². The van der Waals surface area contributed by atoms with Gasteiger partial charge in [0.15, 0.2) is 0 Å². The summed E-state index contributed by atoms with van der Waals surface area (Å²) in [6.45, 7) is 9.72. The average Bonchev–Trinajstić information content (AvgIpc) is 3.20. The van der Waals surface area contributed by atoms with Gasteiger partial charge in [0.2, 0.25) is 0 Å². The molecule has 0 spiro atoms. The number of nitrogens with one attached hydrogen (secondary N) is 1. The molecule has 0 aliphatic carbocycles. The molecule has 0 unspecified atom stereocenters. The second kappa shape index (κ2) is 7.94. The molecule has 3 heterocycles. The van der Waals surface area contributed by atoms with Crippen molar-refractivity contribution in [3.05, 3.63) is 35.0 Å². The van der Waals surface area contributed by atoms with Crippen LogP contribution in [-0.2, 0) is 17.7 Å². The van der Waals surface area contributed by atoms with Gasteiger partial charge in [0.1, 0.15) is 5.76 Å². The van der Waals surface area contributed by atoms with E-state index in [1.807, 2.05) is 24.7 Å².